The topological polar surface area (TPSA) is 127 Å². The van der Waals surface area contributed by atoms with E-state index in [4.69, 9.17) is 0 Å². The van der Waals surface area contributed by atoms with Crippen LogP contribution in [0.2, 0.25) is 0 Å². The lowest BCUT2D eigenvalue weighted by Gasteiger charge is -2.31. The zero-order valence-electron chi connectivity index (χ0n) is 39.5. The van der Waals surface area contributed by atoms with Crippen molar-refractivity contribution in [1.82, 2.24) is 30.8 Å². The Labute approximate surface area is 399 Å². The maximum Gasteiger partial charge on any atom is 0.244 e. The molecule has 12 nitrogen and oxygen atoms in total. The summed E-state index contributed by atoms with van der Waals surface area (Å²) in [4.78, 5) is 49.4. The highest BCUT2D eigenvalue weighted by Gasteiger charge is 2.42. The Bertz CT molecular complexity index is 2890. The molecule has 3 fully saturated rings. The highest BCUT2D eigenvalue weighted by atomic mass is 16.2. The second-order valence-electron chi connectivity index (χ2n) is 18.1. The van der Waals surface area contributed by atoms with Gasteiger partial charge in [0.15, 0.2) is 0 Å². The minimum atomic E-state index is -0.232. The van der Waals surface area contributed by atoms with Gasteiger partial charge in [-0.2, -0.15) is 0 Å². The number of anilines is 3. The summed E-state index contributed by atoms with van der Waals surface area (Å²) in [6.07, 6.45) is 6.55. The van der Waals surface area contributed by atoms with E-state index in [1.807, 2.05) is 161 Å². The Kier molecular flexibility index (Phi) is 15.2. The van der Waals surface area contributed by atoms with E-state index in [-0.39, 0.29) is 34.8 Å². The average Bonchev–Trinajstić information content (AvgIpc) is 3.95. The molecule has 0 radical (unpaired) electrons. The number of nitrogens with one attached hydrogen (secondary N) is 2. The average molecular weight is 902 g/mol. The van der Waals surface area contributed by atoms with Crippen LogP contribution in [-0.2, 0) is 14.4 Å². The fraction of sp³-hybridized carbons (Fsp3) is 0.250. The summed E-state index contributed by atoms with van der Waals surface area (Å²) in [5.74, 6) is 20.9. The first-order valence-corrected chi connectivity index (χ1v) is 22.5. The van der Waals surface area contributed by atoms with Crippen molar-refractivity contribution in [2.75, 3.05) is 22.1 Å². The van der Waals surface area contributed by atoms with E-state index in [0.717, 1.165) is 33.4 Å². The third kappa shape index (κ3) is 12.7. The first-order valence-electron chi connectivity index (χ1n) is 22.5. The molecule has 0 aliphatic carbocycles. The Balaban J connectivity index is 0.000000151. The van der Waals surface area contributed by atoms with E-state index in [1.54, 1.807) is 34.7 Å². The van der Waals surface area contributed by atoms with Crippen LogP contribution in [0.5, 0.6) is 0 Å². The van der Waals surface area contributed by atoms with Crippen molar-refractivity contribution >= 4 is 35.2 Å². The Hall–Kier alpha value is -7.92. The minimum absolute atomic E-state index is 0.0284. The fourth-order valence-corrected chi connectivity index (χ4v) is 7.23. The summed E-state index contributed by atoms with van der Waals surface area (Å²) < 4.78 is 0. The van der Waals surface area contributed by atoms with Crippen LogP contribution in [0.4, 0.5) is 17.5 Å². The van der Waals surface area contributed by atoms with Gasteiger partial charge >= 0.3 is 0 Å². The van der Waals surface area contributed by atoms with Crippen molar-refractivity contribution in [2.45, 2.75) is 77.9 Å². The molecule has 3 aromatic carbocycles. The highest BCUT2D eigenvalue weighted by molar-refractivity contribution is 5.95. The third-order valence-electron chi connectivity index (χ3n) is 11.3. The maximum absolute atomic E-state index is 12.2. The van der Waals surface area contributed by atoms with Crippen molar-refractivity contribution in [2.24, 2.45) is 5.92 Å². The van der Waals surface area contributed by atoms with Gasteiger partial charge in [0.05, 0.1) is 0 Å². The number of amides is 3. The van der Waals surface area contributed by atoms with Gasteiger partial charge in [-0.15, -0.1) is 0 Å². The number of hydrogen-bond acceptors (Lipinski definition) is 9. The predicted octanol–water partition coefficient (Wildman–Crippen LogP) is 8.09. The molecule has 68 heavy (non-hydrogen) atoms. The summed E-state index contributed by atoms with van der Waals surface area (Å²) in [5.41, 5.74) is 11.3. The zero-order valence-corrected chi connectivity index (χ0v) is 39.5. The van der Waals surface area contributed by atoms with Crippen LogP contribution in [0.3, 0.4) is 0 Å². The number of benzene rings is 3. The molecule has 342 valence electrons. The molecule has 6 aromatic rings. The molecule has 3 aliphatic heterocycles. The lowest BCUT2D eigenvalue weighted by molar-refractivity contribution is -0.118. The first kappa shape index (κ1) is 48.0. The molecule has 1 atom stereocenters. The Morgan fingerprint density at radius 3 is 1.26 bits per heavy atom. The summed E-state index contributed by atoms with van der Waals surface area (Å²) in [6.45, 7) is 12.3. The fourth-order valence-electron chi connectivity index (χ4n) is 7.23. The van der Waals surface area contributed by atoms with Gasteiger partial charge in [-0.1, -0.05) is 104 Å². The molecule has 3 aliphatic rings. The number of hydrazine groups is 3. The molecule has 0 saturated carbocycles. The van der Waals surface area contributed by atoms with Gasteiger partial charge in [-0.3, -0.25) is 14.4 Å². The van der Waals surface area contributed by atoms with Crippen molar-refractivity contribution in [1.29, 1.82) is 0 Å². The van der Waals surface area contributed by atoms with Gasteiger partial charge in [0.1, 0.15) is 17.5 Å². The van der Waals surface area contributed by atoms with Crippen LogP contribution in [0.1, 0.15) is 94.2 Å². The largest absolute Gasteiger partial charge is 0.273 e. The minimum Gasteiger partial charge on any atom is -0.273 e. The summed E-state index contributed by atoms with van der Waals surface area (Å²) in [7, 11) is 1.91. The SMILES string of the molecule is CC(C)C1CC(=O)N(c2ccc(C#Cc3ccccc3)cn2)N1.CC1(C)CC(=O)N(c2ccc(C#Cc3ccccc3)cn2)N1.CN1N(c2ccc(C#Cc3ccccc3)cn2)C(=O)CC1(C)C. The molecular weight excluding hydrogens is 847 g/mol. The predicted molar refractivity (Wildman–Crippen MR) is 267 cm³/mol. The van der Waals surface area contributed by atoms with E-state index >= 15 is 0 Å². The van der Waals surface area contributed by atoms with Crippen LogP contribution in [0, 0.1) is 41.4 Å². The number of hydrogen-bond donors (Lipinski definition) is 2. The molecule has 0 spiro atoms. The molecule has 12 heteroatoms. The molecule has 3 saturated heterocycles. The van der Waals surface area contributed by atoms with Crippen LogP contribution in [0.15, 0.2) is 146 Å². The molecule has 1 unspecified atom stereocenters. The van der Waals surface area contributed by atoms with Gasteiger partial charge < -0.3 is 0 Å². The molecule has 2 N–H and O–H groups in total. The van der Waals surface area contributed by atoms with Gasteiger partial charge in [0.2, 0.25) is 17.7 Å². The highest BCUT2D eigenvalue weighted by Crippen LogP contribution is 2.31. The number of rotatable bonds is 4. The van der Waals surface area contributed by atoms with Gasteiger partial charge in [0.25, 0.3) is 0 Å². The first-order chi connectivity index (χ1) is 32.6. The summed E-state index contributed by atoms with van der Waals surface area (Å²) >= 11 is 0. The number of aromatic nitrogens is 3. The van der Waals surface area contributed by atoms with E-state index in [1.165, 1.54) is 5.01 Å². The second-order valence-corrected chi connectivity index (χ2v) is 18.1. The quantitative estimate of drug-likeness (QED) is 0.169. The number of carbonyl (C=O) groups excluding carboxylic acids is 3. The zero-order chi connectivity index (χ0) is 48.3. The van der Waals surface area contributed by atoms with Crippen molar-refractivity contribution in [3.63, 3.8) is 0 Å². The standard InChI is InChI=1S/2C19H19N3O.C18H17N3O/c1-19(2)13-18(23)22(21(19)3)17-12-11-16(14-20-17)10-9-15-7-5-4-6-8-15;1-14(2)17-12-19(23)22(21-17)18-11-10-16(13-20-18)9-8-15-6-4-3-5-7-15;1-18(2)12-17(22)21(20-18)16-11-10-15(13-19-16)9-8-14-6-4-3-5-7-14/h4-8,11-12,14H,13H2,1-3H3;3-7,10-11,13-14,17,21H,12H2,1-2H3;3-7,10-11,13,20H,12H2,1-2H3. The third-order valence-corrected chi connectivity index (χ3v) is 11.3. The van der Waals surface area contributed by atoms with Crippen LogP contribution in [0.25, 0.3) is 0 Å². The Morgan fingerprint density at radius 1 is 0.515 bits per heavy atom. The maximum atomic E-state index is 12.2. The van der Waals surface area contributed by atoms with Crippen molar-refractivity contribution in [3.8, 4) is 35.5 Å². The molecular formula is C56H55N9O3. The molecule has 3 amide bonds. The van der Waals surface area contributed by atoms with Crippen LogP contribution >= 0.6 is 0 Å². The normalized spacial score (nSPS) is 16.9. The van der Waals surface area contributed by atoms with E-state index in [2.05, 4.69) is 75.2 Å². The van der Waals surface area contributed by atoms with Gasteiger partial charge in [-0.05, 0) is 106 Å². The van der Waals surface area contributed by atoms with E-state index < -0.39 is 0 Å². The number of nitrogens with zero attached hydrogens (tertiary/aromatic N) is 7. The lowest BCUT2D eigenvalue weighted by Crippen LogP contribution is -2.44. The Morgan fingerprint density at radius 2 is 0.926 bits per heavy atom. The molecule has 9 rings (SSSR count). The summed E-state index contributed by atoms with van der Waals surface area (Å²) in [5, 5.41) is 6.62. The van der Waals surface area contributed by atoms with E-state index in [0.29, 0.717) is 42.6 Å². The van der Waals surface area contributed by atoms with Gasteiger partial charge in [-0.25, -0.2) is 45.8 Å². The number of carbonyl (C=O) groups is 3. The second kappa shape index (κ2) is 21.6. The van der Waals surface area contributed by atoms with Gasteiger partial charge in [0, 0.05) is 95.4 Å². The lowest BCUT2D eigenvalue weighted by atomic mass is 10.0. The van der Waals surface area contributed by atoms with Crippen LogP contribution in [-0.4, -0.2) is 61.8 Å². The smallest absolute Gasteiger partial charge is 0.244 e. The van der Waals surface area contributed by atoms with E-state index in [9.17, 15) is 14.4 Å². The van der Waals surface area contributed by atoms with Crippen LogP contribution < -0.4 is 25.9 Å². The monoisotopic (exact) mass is 901 g/mol. The van der Waals surface area contributed by atoms with Crippen molar-refractivity contribution < 1.29 is 14.4 Å². The van der Waals surface area contributed by atoms with Crippen molar-refractivity contribution in [3.05, 3.63) is 179 Å². The molecule has 0 bridgehead atoms. The molecule has 3 aromatic heterocycles. The summed E-state index contributed by atoms with van der Waals surface area (Å²) in [6, 6.07) is 40.7. The molecule has 6 heterocycles. The number of pyridine rings is 3.